The van der Waals surface area contributed by atoms with Crippen molar-refractivity contribution < 1.29 is 14.6 Å². The lowest BCUT2D eigenvalue weighted by Crippen LogP contribution is -2.50. The van der Waals surface area contributed by atoms with Crippen molar-refractivity contribution in [1.29, 1.82) is 0 Å². The summed E-state index contributed by atoms with van der Waals surface area (Å²) < 4.78 is 5.05. The molecule has 0 aromatic rings. The predicted molar refractivity (Wildman–Crippen MR) is 55.8 cm³/mol. The van der Waals surface area contributed by atoms with E-state index in [4.69, 9.17) is 9.84 Å². The van der Waals surface area contributed by atoms with Gasteiger partial charge in [-0.2, -0.15) is 0 Å². The standard InChI is InChI=1S/C11H19NO3/c1-15-9(10(13)14)8-11-2-5-12(6-3-11)7-4-11/h9H,2-8H2,1H3,(H,13,14). The minimum atomic E-state index is -0.820. The largest absolute Gasteiger partial charge is 0.479 e. The SMILES string of the molecule is COC(CC12CCN(CC1)CC2)C(=O)O. The number of carbonyl (C=O) groups is 1. The molecule has 3 fully saturated rings. The molecule has 3 aliphatic heterocycles. The number of carboxylic acids is 1. The molecule has 1 N–H and O–H groups in total. The van der Waals surface area contributed by atoms with E-state index < -0.39 is 12.1 Å². The van der Waals surface area contributed by atoms with Crippen LogP contribution in [0.1, 0.15) is 25.7 Å². The molecular weight excluding hydrogens is 194 g/mol. The molecule has 4 heteroatoms. The molecule has 0 radical (unpaired) electrons. The number of hydrogen-bond donors (Lipinski definition) is 1. The lowest BCUT2D eigenvalue weighted by molar-refractivity contribution is -0.152. The van der Waals surface area contributed by atoms with E-state index >= 15 is 0 Å². The van der Waals surface area contributed by atoms with Gasteiger partial charge in [0.05, 0.1) is 0 Å². The lowest BCUT2D eigenvalue weighted by atomic mass is 9.69. The first-order valence-electron chi connectivity index (χ1n) is 5.63. The smallest absolute Gasteiger partial charge is 0.332 e. The van der Waals surface area contributed by atoms with E-state index in [2.05, 4.69) is 4.90 Å². The summed E-state index contributed by atoms with van der Waals surface area (Å²) in [6.45, 7) is 3.40. The Morgan fingerprint density at radius 2 is 1.93 bits per heavy atom. The van der Waals surface area contributed by atoms with Gasteiger partial charge in [0.25, 0.3) is 0 Å². The molecule has 0 spiro atoms. The maximum Gasteiger partial charge on any atom is 0.332 e. The van der Waals surface area contributed by atoms with Crippen molar-refractivity contribution in [3.05, 3.63) is 0 Å². The van der Waals surface area contributed by atoms with Gasteiger partial charge < -0.3 is 14.7 Å². The number of aliphatic carboxylic acids is 1. The summed E-state index contributed by atoms with van der Waals surface area (Å²) in [5, 5.41) is 8.99. The van der Waals surface area contributed by atoms with E-state index in [-0.39, 0.29) is 5.41 Å². The van der Waals surface area contributed by atoms with Gasteiger partial charge in [0.15, 0.2) is 6.10 Å². The number of hydrogen-bond acceptors (Lipinski definition) is 3. The molecule has 3 rings (SSSR count). The second kappa shape index (κ2) is 4.10. The molecule has 0 aromatic carbocycles. The minimum Gasteiger partial charge on any atom is -0.479 e. The first-order valence-corrected chi connectivity index (χ1v) is 5.63. The Morgan fingerprint density at radius 1 is 1.40 bits per heavy atom. The van der Waals surface area contributed by atoms with Gasteiger partial charge in [-0.25, -0.2) is 4.79 Å². The van der Waals surface area contributed by atoms with Crippen LogP contribution in [0.25, 0.3) is 0 Å². The van der Waals surface area contributed by atoms with Crippen LogP contribution < -0.4 is 0 Å². The van der Waals surface area contributed by atoms with Crippen LogP contribution >= 0.6 is 0 Å². The van der Waals surface area contributed by atoms with Crippen LogP contribution in [-0.4, -0.2) is 48.8 Å². The maximum absolute atomic E-state index is 10.9. The Bertz CT molecular complexity index is 232. The van der Waals surface area contributed by atoms with Crippen LogP contribution in [0.15, 0.2) is 0 Å². The van der Waals surface area contributed by atoms with E-state index in [1.54, 1.807) is 0 Å². The van der Waals surface area contributed by atoms with Crippen LogP contribution in [0.5, 0.6) is 0 Å². The normalized spacial score (nSPS) is 36.5. The van der Waals surface area contributed by atoms with Crippen molar-refractivity contribution in [3.8, 4) is 0 Å². The Kier molecular flexibility index (Phi) is 2.98. The molecule has 0 saturated carbocycles. The molecule has 3 saturated heterocycles. The lowest BCUT2D eigenvalue weighted by Gasteiger charge is -2.49. The van der Waals surface area contributed by atoms with E-state index in [0.717, 1.165) is 38.9 Å². The molecule has 1 unspecified atom stereocenters. The summed E-state index contributed by atoms with van der Waals surface area (Å²) in [6, 6.07) is 0. The van der Waals surface area contributed by atoms with Crippen molar-refractivity contribution in [3.63, 3.8) is 0 Å². The number of rotatable bonds is 4. The highest BCUT2D eigenvalue weighted by Crippen LogP contribution is 2.43. The van der Waals surface area contributed by atoms with Gasteiger partial charge in [0.1, 0.15) is 0 Å². The summed E-state index contributed by atoms with van der Waals surface area (Å²) in [7, 11) is 1.49. The summed E-state index contributed by atoms with van der Waals surface area (Å²) >= 11 is 0. The van der Waals surface area contributed by atoms with Gasteiger partial charge in [-0.15, -0.1) is 0 Å². The summed E-state index contributed by atoms with van der Waals surface area (Å²) in [6.07, 6.45) is 3.49. The van der Waals surface area contributed by atoms with E-state index in [1.807, 2.05) is 0 Å². The Hall–Kier alpha value is -0.610. The van der Waals surface area contributed by atoms with Gasteiger partial charge >= 0.3 is 5.97 Å². The maximum atomic E-state index is 10.9. The molecule has 0 amide bonds. The number of ether oxygens (including phenoxy) is 1. The molecule has 2 bridgehead atoms. The second-order valence-electron chi connectivity index (χ2n) is 4.86. The van der Waals surface area contributed by atoms with Crippen molar-refractivity contribution in [2.75, 3.05) is 26.7 Å². The fraction of sp³-hybridized carbons (Fsp3) is 0.909. The van der Waals surface area contributed by atoms with Gasteiger partial charge in [-0.3, -0.25) is 0 Å². The zero-order valence-electron chi connectivity index (χ0n) is 9.24. The van der Waals surface area contributed by atoms with Crippen LogP contribution in [0.3, 0.4) is 0 Å². The highest BCUT2D eigenvalue weighted by molar-refractivity contribution is 5.72. The number of nitrogens with zero attached hydrogens (tertiary/aromatic N) is 1. The molecule has 3 heterocycles. The van der Waals surface area contributed by atoms with Crippen LogP contribution in [0, 0.1) is 5.41 Å². The number of piperidine rings is 3. The van der Waals surface area contributed by atoms with Gasteiger partial charge in [-0.1, -0.05) is 0 Å². The molecule has 0 aromatic heterocycles. The van der Waals surface area contributed by atoms with Crippen LogP contribution in [0.2, 0.25) is 0 Å². The average Bonchev–Trinajstić information content (AvgIpc) is 2.28. The summed E-state index contributed by atoms with van der Waals surface area (Å²) in [5.74, 6) is -0.820. The van der Waals surface area contributed by atoms with Crippen molar-refractivity contribution >= 4 is 5.97 Å². The third-order valence-corrected chi connectivity index (χ3v) is 4.05. The topological polar surface area (TPSA) is 49.8 Å². The van der Waals surface area contributed by atoms with E-state index in [9.17, 15) is 4.79 Å². The van der Waals surface area contributed by atoms with E-state index in [1.165, 1.54) is 7.11 Å². The fourth-order valence-corrected chi connectivity index (χ4v) is 2.87. The van der Waals surface area contributed by atoms with Crippen LogP contribution in [-0.2, 0) is 9.53 Å². The van der Waals surface area contributed by atoms with Crippen molar-refractivity contribution in [2.45, 2.75) is 31.8 Å². The zero-order valence-corrected chi connectivity index (χ0v) is 9.24. The zero-order chi connectivity index (χ0) is 10.9. The summed E-state index contributed by atoms with van der Waals surface area (Å²) in [4.78, 5) is 13.4. The molecular formula is C11H19NO3. The summed E-state index contributed by atoms with van der Waals surface area (Å²) in [5.41, 5.74) is 0.244. The minimum absolute atomic E-state index is 0.244. The van der Waals surface area contributed by atoms with Gasteiger partial charge in [0, 0.05) is 7.11 Å². The molecule has 4 nitrogen and oxygen atoms in total. The van der Waals surface area contributed by atoms with Gasteiger partial charge in [-0.05, 0) is 50.7 Å². The Balaban J connectivity index is 1.99. The molecule has 3 aliphatic rings. The Labute approximate surface area is 90.2 Å². The third-order valence-electron chi connectivity index (χ3n) is 4.05. The molecule has 86 valence electrons. The number of fused-ring (bicyclic) bond motifs is 3. The quantitative estimate of drug-likeness (QED) is 0.755. The number of methoxy groups -OCH3 is 1. The highest BCUT2D eigenvalue weighted by Gasteiger charge is 2.42. The third kappa shape index (κ3) is 2.16. The van der Waals surface area contributed by atoms with Crippen LogP contribution in [0.4, 0.5) is 0 Å². The predicted octanol–water partition coefficient (Wildman–Crippen LogP) is 0.962. The Morgan fingerprint density at radius 3 is 2.33 bits per heavy atom. The average molecular weight is 213 g/mol. The monoisotopic (exact) mass is 213 g/mol. The van der Waals surface area contributed by atoms with Crippen molar-refractivity contribution in [2.24, 2.45) is 5.41 Å². The molecule has 15 heavy (non-hydrogen) atoms. The molecule has 0 aliphatic carbocycles. The molecule has 1 atom stereocenters. The van der Waals surface area contributed by atoms with Gasteiger partial charge in [0.2, 0.25) is 0 Å². The first-order chi connectivity index (χ1) is 7.15. The fourth-order valence-electron chi connectivity index (χ4n) is 2.87. The van der Waals surface area contributed by atoms with E-state index in [0.29, 0.717) is 6.42 Å². The number of carboxylic acid groups (broad SMARTS) is 1. The highest BCUT2D eigenvalue weighted by atomic mass is 16.5. The first kappa shape index (κ1) is 10.9. The second-order valence-corrected chi connectivity index (χ2v) is 4.86. The van der Waals surface area contributed by atoms with Crippen molar-refractivity contribution in [1.82, 2.24) is 4.90 Å².